The van der Waals surface area contributed by atoms with Gasteiger partial charge >= 0.3 is 6.09 Å². The van der Waals surface area contributed by atoms with Crippen molar-refractivity contribution in [3.05, 3.63) is 107 Å². The number of sulfonamides is 1. The molecular formula is C30H28N4O4S. The molecule has 2 heterocycles. The number of hydrogen-bond acceptors (Lipinski definition) is 6. The number of pyridine rings is 1. The Labute approximate surface area is 227 Å². The molecule has 0 aliphatic carbocycles. The third-order valence-corrected chi connectivity index (χ3v) is 7.67. The van der Waals surface area contributed by atoms with E-state index in [1.54, 1.807) is 12.1 Å². The number of nitrogens with zero attached hydrogens (tertiary/aromatic N) is 3. The van der Waals surface area contributed by atoms with Crippen molar-refractivity contribution in [2.45, 2.75) is 32.1 Å². The number of aromatic nitrogens is 3. The molecule has 0 atom stereocenters. The van der Waals surface area contributed by atoms with Gasteiger partial charge in [-0.1, -0.05) is 60.2 Å². The maximum atomic E-state index is 12.4. The summed E-state index contributed by atoms with van der Waals surface area (Å²) in [5.41, 5.74) is 7.40. The number of imidazole rings is 1. The number of benzene rings is 3. The molecule has 39 heavy (non-hydrogen) atoms. The van der Waals surface area contributed by atoms with E-state index in [0.717, 1.165) is 50.6 Å². The Morgan fingerprint density at radius 3 is 2.28 bits per heavy atom. The Hall–Kier alpha value is -4.50. The van der Waals surface area contributed by atoms with Crippen LogP contribution in [0.15, 0.2) is 89.8 Å². The Kier molecular flexibility index (Phi) is 7.17. The summed E-state index contributed by atoms with van der Waals surface area (Å²) in [7, 11) is -3.99. The van der Waals surface area contributed by atoms with Gasteiger partial charge in [0.25, 0.3) is 10.0 Å². The molecule has 0 aliphatic rings. The molecule has 0 aliphatic heterocycles. The maximum Gasteiger partial charge on any atom is 0.421 e. The monoisotopic (exact) mass is 540 g/mol. The zero-order valence-corrected chi connectivity index (χ0v) is 22.7. The van der Waals surface area contributed by atoms with Crippen LogP contribution in [0.3, 0.4) is 0 Å². The zero-order valence-electron chi connectivity index (χ0n) is 21.9. The molecular weight excluding hydrogens is 512 g/mol. The number of carbonyl (C=O) groups excluding carboxylic acids is 1. The first kappa shape index (κ1) is 26.1. The van der Waals surface area contributed by atoms with Crippen LogP contribution >= 0.6 is 0 Å². The first-order valence-electron chi connectivity index (χ1n) is 12.5. The predicted molar refractivity (Wildman–Crippen MR) is 150 cm³/mol. The first-order valence-corrected chi connectivity index (χ1v) is 14.0. The lowest BCUT2D eigenvalue weighted by molar-refractivity contribution is 0.154. The highest BCUT2D eigenvalue weighted by Crippen LogP contribution is 2.30. The van der Waals surface area contributed by atoms with E-state index >= 15 is 0 Å². The lowest BCUT2D eigenvalue weighted by atomic mass is 10.1. The Morgan fingerprint density at radius 2 is 1.59 bits per heavy atom. The van der Waals surface area contributed by atoms with E-state index in [1.165, 1.54) is 12.1 Å². The molecule has 8 nitrogen and oxygen atoms in total. The second-order valence-corrected chi connectivity index (χ2v) is 11.0. The zero-order chi connectivity index (χ0) is 27.6. The highest BCUT2D eigenvalue weighted by molar-refractivity contribution is 7.90. The van der Waals surface area contributed by atoms with E-state index in [-0.39, 0.29) is 11.5 Å². The van der Waals surface area contributed by atoms with Crippen molar-refractivity contribution in [1.82, 2.24) is 19.3 Å². The topological polar surface area (TPSA) is 103 Å². The minimum atomic E-state index is -3.99. The third-order valence-electron chi connectivity index (χ3n) is 6.34. The SMILES string of the molecule is Cc1ccc(S(=O)(=O)NC(=O)OCCc2ccc(-n3c(-c4ccccc4)nc4c(C)nc(C)cc43)cc2)cc1. The number of hydrogen-bond donors (Lipinski definition) is 1. The van der Waals surface area contributed by atoms with Gasteiger partial charge in [0.2, 0.25) is 0 Å². The molecule has 0 saturated carbocycles. The van der Waals surface area contributed by atoms with Crippen molar-refractivity contribution in [1.29, 1.82) is 0 Å². The van der Waals surface area contributed by atoms with E-state index in [9.17, 15) is 13.2 Å². The van der Waals surface area contributed by atoms with Gasteiger partial charge in [-0.15, -0.1) is 0 Å². The minimum Gasteiger partial charge on any atom is -0.448 e. The van der Waals surface area contributed by atoms with Crippen LogP contribution in [0.4, 0.5) is 4.79 Å². The van der Waals surface area contributed by atoms with Crippen molar-refractivity contribution >= 4 is 27.1 Å². The van der Waals surface area contributed by atoms with Gasteiger partial charge in [0.05, 0.1) is 22.7 Å². The molecule has 0 spiro atoms. The number of nitrogens with one attached hydrogen (secondary N) is 1. The Bertz CT molecular complexity index is 1750. The van der Waals surface area contributed by atoms with E-state index < -0.39 is 16.1 Å². The van der Waals surface area contributed by atoms with Gasteiger partial charge in [-0.25, -0.2) is 22.9 Å². The van der Waals surface area contributed by atoms with Gasteiger partial charge in [0.1, 0.15) is 11.3 Å². The quantitative estimate of drug-likeness (QED) is 0.285. The number of aryl methyl sites for hydroxylation is 3. The molecule has 0 unspecified atom stereocenters. The van der Waals surface area contributed by atoms with Crippen molar-refractivity contribution in [2.75, 3.05) is 6.61 Å². The summed E-state index contributed by atoms with van der Waals surface area (Å²) in [6.45, 7) is 5.82. The highest BCUT2D eigenvalue weighted by atomic mass is 32.2. The van der Waals surface area contributed by atoms with Crippen LogP contribution in [-0.2, 0) is 21.2 Å². The number of amides is 1. The van der Waals surface area contributed by atoms with Crippen LogP contribution in [0.5, 0.6) is 0 Å². The summed E-state index contributed by atoms with van der Waals surface area (Å²) in [6, 6.07) is 26.2. The molecule has 3 aromatic carbocycles. The summed E-state index contributed by atoms with van der Waals surface area (Å²) in [5.74, 6) is 0.823. The molecule has 5 aromatic rings. The summed E-state index contributed by atoms with van der Waals surface area (Å²) < 4.78 is 34.0. The maximum absolute atomic E-state index is 12.4. The van der Waals surface area contributed by atoms with Crippen LogP contribution in [0.1, 0.15) is 22.5 Å². The molecule has 0 bridgehead atoms. The van der Waals surface area contributed by atoms with Gasteiger partial charge in [0, 0.05) is 23.4 Å². The van der Waals surface area contributed by atoms with Gasteiger partial charge in [-0.05, 0) is 56.7 Å². The van der Waals surface area contributed by atoms with Gasteiger partial charge in [-0.3, -0.25) is 9.55 Å². The number of ether oxygens (including phenoxy) is 1. The molecule has 1 amide bonds. The van der Waals surface area contributed by atoms with E-state index in [1.807, 2.05) is 86.2 Å². The van der Waals surface area contributed by atoms with Crippen LogP contribution in [0, 0.1) is 20.8 Å². The molecule has 9 heteroatoms. The highest BCUT2D eigenvalue weighted by Gasteiger charge is 2.19. The summed E-state index contributed by atoms with van der Waals surface area (Å²) in [4.78, 5) is 21.6. The Morgan fingerprint density at radius 1 is 0.897 bits per heavy atom. The second kappa shape index (κ2) is 10.7. The minimum absolute atomic E-state index is 0.00343. The van der Waals surface area contributed by atoms with Gasteiger partial charge in [0.15, 0.2) is 0 Å². The molecule has 0 radical (unpaired) electrons. The lowest BCUT2D eigenvalue weighted by Gasteiger charge is -2.11. The van der Waals surface area contributed by atoms with Crippen LogP contribution in [0.25, 0.3) is 28.1 Å². The fourth-order valence-corrected chi connectivity index (χ4v) is 5.30. The molecule has 0 saturated heterocycles. The van der Waals surface area contributed by atoms with E-state index in [0.29, 0.717) is 6.42 Å². The average Bonchev–Trinajstić information content (AvgIpc) is 3.29. The second-order valence-electron chi connectivity index (χ2n) is 9.32. The van der Waals surface area contributed by atoms with Crippen molar-refractivity contribution < 1.29 is 17.9 Å². The smallest absolute Gasteiger partial charge is 0.421 e. The fraction of sp³-hybridized carbons (Fsp3) is 0.167. The van der Waals surface area contributed by atoms with E-state index in [2.05, 4.69) is 9.55 Å². The van der Waals surface area contributed by atoms with Gasteiger partial charge in [-0.2, -0.15) is 0 Å². The predicted octanol–water partition coefficient (Wildman–Crippen LogP) is 5.67. The Balaban J connectivity index is 1.31. The summed E-state index contributed by atoms with van der Waals surface area (Å²) in [5, 5.41) is 0. The molecule has 0 fully saturated rings. The number of carbonyl (C=O) groups is 1. The molecule has 1 N–H and O–H groups in total. The van der Waals surface area contributed by atoms with Crippen LogP contribution in [-0.4, -0.2) is 35.7 Å². The summed E-state index contributed by atoms with van der Waals surface area (Å²) >= 11 is 0. The van der Waals surface area contributed by atoms with E-state index in [4.69, 9.17) is 9.72 Å². The lowest BCUT2D eigenvalue weighted by Crippen LogP contribution is -2.31. The van der Waals surface area contributed by atoms with Crippen molar-refractivity contribution in [2.24, 2.45) is 0 Å². The number of fused-ring (bicyclic) bond motifs is 1. The number of rotatable bonds is 7. The van der Waals surface area contributed by atoms with Crippen molar-refractivity contribution in [3.63, 3.8) is 0 Å². The summed E-state index contributed by atoms with van der Waals surface area (Å²) in [6.07, 6.45) is -0.583. The first-order chi connectivity index (χ1) is 18.7. The average molecular weight is 541 g/mol. The molecule has 2 aromatic heterocycles. The van der Waals surface area contributed by atoms with Crippen LogP contribution < -0.4 is 4.72 Å². The van der Waals surface area contributed by atoms with Gasteiger partial charge < -0.3 is 4.74 Å². The van der Waals surface area contributed by atoms with Crippen LogP contribution in [0.2, 0.25) is 0 Å². The standard InChI is InChI=1S/C30H28N4O4S/c1-20-9-15-26(16-10-20)39(36,37)33-30(35)38-18-17-23-11-13-25(14-12-23)34-27-19-21(2)31-22(3)28(27)32-29(34)24-7-5-4-6-8-24/h4-16,19H,17-18H2,1-3H3,(H,33,35). The normalized spacial score (nSPS) is 11.5. The van der Waals surface area contributed by atoms with Crippen molar-refractivity contribution in [3.8, 4) is 17.1 Å². The fourth-order valence-electron chi connectivity index (χ4n) is 4.41. The molecule has 5 rings (SSSR count). The largest absolute Gasteiger partial charge is 0.448 e. The molecule has 198 valence electrons. The third kappa shape index (κ3) is 5.68.